The van der Waals surface area contributed by atoms with E-state index in [1.165, 1.54) is 18.8 Å². The first-order valence-corrected chi connectivity index (χ1v) is 8.65. The Bertz CT molecular complexity index is 527. The summed E-state index contributed by atoms with van der Waals surface area (Å²) in [4.78, 5) is 0.202. The van der Waals surface area contributed by atoms with Crippen LogP contribution < -0.4 is 4.72 Å². The monoisotopic (exact) mass is 301 g/mol. The van der Waals surface area contributed by atoms with Crippen LogP contribution in [0.3, 0.4) is 0 Å². The minimum absolute atomic E-state index is 0.0320. The molecule has 1 aromatic rings. The van der Waals surface area contributed by atoms with E-state index in [2.05, 4.69) is 16.7 Å². The van der Waals surface area contributed by atoms with Crippen LogP contribution in [0.5, 0.6) is 0 Å². The Labute approximate surface area is 120 Å². The van der Waals surface area contributed by atoms with Crippen LogP contribution in [0.25, 0.3) is 0 Å². The van der Waals surface area contributed by atoms with Gasteiger partial charge in [-0.05, 0) is 25.2 Å². The van der Waals surface area contributed by atoms with Gasteiger partial charge >= 0.3 is 0 Å². The van der Waals surface area contributed by atoms with E-state index < -0.39 is 10.0 Å². The van der Waals surface area contributed by atoms with Crippen molar-refractivity contribution >= 4 is 10.0 Å². The van der Waals surface area contributed by atoms with Crippen molar-refractivity contribution < 1.29 is 13.5 Å². The van der Waals surface area contributed by atoms with Crippen molar-refractivity contribution in [3.8, 4) is 0 Å². The van der Waals surface area contributed by atoms with E-state index in [4.69, 9.17) is 5.11 Å². The molecule has 1 aliphatic rings. The highest BCUT2D eigenvalue weighted by molar-refractivity contribution is 7.89. The van der Waals surface area contributed by atoms with E-state index >= 15 is 0 Å². The molecule has 0 radical (unpaired) electrons. The summed E-state index contributed by atoms with van der Waals surface area (Å²) in [6.07, 6.45) is 7.51. The zero-order valence-electron chi connectivity index (χ0n) is 11.8. The molecule has 114 valence electrons. The molecule has 1 aromatic heterocycles. The first-order chi connectivity index (χ1) is 9.51. The van der Waals surface area contributed by atoms with Gasteiger partial charge < -0.3 is 5.11 Å². The molecule has 1 heterocycles. The average molecular weight is 301 g/mol. The number of nitrogens with one attached hydrogen (secondary N) is 1. The number of aryl methyl sites for hydroxylation is 1. The van der Waals surface area contributed by atoms with Crippen LogP contribution in [0, 0.1) is 5.92 Å². The Morgan fingerprint density at radius 3 is 3.00 bits per heavy atom. The van der Waals surface area contributed by atoms with Crippen LogP contribution in [0.15, 0.2) is 17.3 Å². The molecule has 0 bridgehead atoms. The predicted molar refractivity (Wildman–Crippen MR) is 75.7 cm³/mol. The third-order valence-electron chi connectivity index (χ3n) is 3.72. The van der Waals surface area contributed by atoms with Crippen molar-refractivity contribution in [3.05, 3.63) is 12.4 Å². The molecule has 1 fully saturated rings. The van der Waals surface area contributed by atoms with Gasteiger partial charge in [-0.15, -0.1) is 0 Å². The summed E-state index contributed by atoms with van der Waals surface area (Å²) in [6, 6.07) is 0.0320. The molecule has 0 saturated heterocycles. The number of hydrogen-bond donors (Lipinski definition) is 2. The van der Waals surface area contributed by atoms with E-state index in [-0.39, 0.29) is 17.5 Å². The second-order valence-electron chi connectivity index (χ2n) is 5.61. The molecule has 0 aromatic carbocycles. The summed E-state index contributed by atoms with van der Waals surface area (Å²) < 4.78 is 28.9. The van der Waals surface area contributed by atoms with Crippen LogP contribution in [0.4, 0.5) is 0 Å². The van der Waals surface area contributed by atoms with Crippen LogP contribution in [0.2, 0.25) is 0 Å². The minimum Gasteiger partial charge on any atom is -0.396 e. The standard InChI is InChI=1S/C13H23N3O3S/c1-11-4-2-5-12(8-11)15-20(18,19)13-9-14-16(10-13)6-3-7-17/h9-12,15,17H,2-8H2,1H3. The van der Waals surface area contributed by atoms with Crippen LogP contribution in [-0.4, -0.2) is 36.0 Å². The Balaban J connectivity index is 2.00. The van der Waals surface area contributed by atoms with Gasteiger partial charge in [-0.1, -0.05) is 19.8 Å². The molecule has 2 atom stereocenters. The fourth-order valence-corrected chi connectivity index (χ4v) is 3.90. The first kappa shape index (κ1) is 15.5. The first-order valence-electron chi connectivity index (χ1n) is 7.17. The number of aliphatic hydroxyl groups excluding tert-OH is 1. The maximum atomic E-state index is 12.3. The maximum absolute atomic E-state index is 12.3. The third-order valence-corrected chi connectivity index (χ3v) is 5.20. The lowest BCUT2D eigenvalue weighted by Gasteiger charge is -2.26. The molecular formula is C13H23N3O3S. The van der Waals surface area contributed by atoms with Crippen molar-refractivity contribution in [1.82, 2.24) is 14.5 Å². The van der Waals surface area contributed by atoms with Crippen molar-refractivity contribution in [3.63, 3.8) is 0 Å². The third kappa shape index (κ3) is 4.04. The zero-order chi connectivity index (χ0) is 14.6. The Hall–Kier alpha value is -0.920. The summed E-state index contributed by atoms with van der Waals surface area (Å²) in [5.74, 6) is 0.573. The van der Waals surface area contributed by atoms with E-state index in [1.807, 2.05) is 0 Å². The van der Waals surface area contributed by atoms with Crippen molar-refractivity contribution in [2.24, 2.45) is 5.92 Å². The Morgan fingerprint density at radius 1 is 1.50 bits per heavy atom. The maximum Gasteiger partial charge on any atom is 0.243 e. The molecule has 0 spiro atoms. The molecule has 2 rings (SSSR count). The number of aromatic nitrogens is 2. The van der Waals surface area contributed by atoms with Gasteiger partial charge in [0.05, 0.1) is 6.20 Å². The SMILES string of the molecule is CC1CCCC(NS(=O)(=O)c2cnn(CCCO)c2)C1. The number of hydrogen-bond acceptors (Lipinski definition) is 4. The van der Waals surface area contributed by atoms with Gasteiger partial charge in [0.15, 0.2) is 0 Å². The second kappa shape index (κ2) is 6.69. The molecule has 0 aliphatic heterocycles. The quantitative estimate of drug-likeness (QED) is 0.825. The second-order valence-corrected chi connectivity index (χ2v) is 7.32. The molecule has 1 saturated carbocycles. The van der Waals surface area contributed by atoms with Crippen molar-refractivity contribution in [2.45, 2.75) is 56.5 Å². The summed E-state index contributed by atoms with van der Waals surface area (Å²) >= 11 is 0. The molecule has 1 aliphatic carbocycles. The fourth-order valence-electron chi connectivity index (χ4n) is 2.67. The van der Waals surface area contributed by atoms with Gasteiger partial charge in [0.1, 0.15) is 4.90 Å². The Kier molecular flexibility index (Phi) is 5.17. The molecule has 20 heavy (non-hydrogen) atoms. The molecule has 0 amide bonds. The van der Waals surface area contributed by atoms with E-state index in [0.717, 1.165) is 19.3 Å². The lowest BCUT2D eigenvalue weighted by atomic mass is 9.88. The van der Waals surface area contributed by atoms with Crippen LogP contribution in [-0.2, 0) is 16.6 Å². The lowest BCUT2D eigenvalue weighted by Crippen LogP contribution is -2.37. The highest BCUT2D eigenvalue weighted by Crippen LogP contribution is 2.24. The largest absolute Gasteiger partial charge is 0.396 e. The predicted octanol–water partition coefficient (Wildman–Crippen LogP) is 1.12. The molecule has 2 unspecified atom stereocenters. The van der Waals surface area contributed by atoms with Crippen LogP contribution >= 0.6 is 0 Å². The van der Waals surface area contributed by atoms with Crippen molar-refractivity contribution in [1.29, 1.82) is 0 Å². The normalized spacial score (nSPS) is 23.9. The summed E-state index contributed by atoms with van der Waals surface area (Å²) in [7, 11) is -3.48. The summed E-state index contributed by atoms with van der Waals surface area (Å²) in [5.41, 5.74) is 0. The molecular weight excluding hydrogens is 278 g/mol. The van der Waals surface area contributed by atoms with Gasteiger partial charge in [0.25, 0.3) is 0 Å². The van der Waals surface area contributed by atoms with E-state index in [0.29, 0.717) is 18.9 Å². The molecule has 6 nitrogen and oxygen atoms in total. The van der Waals surface area contributed by atoms with Gasteiger partial charge in [0.2, 0.25) is 10.0 Å². The Morgan fingerprint density at radius 2 is 2.30 bits per heavy atom. The minimum atomic E-state index is -3.48. The highest BCUT2D eigenvalue weighted by Gasteiger charge is 2.25. The van der Waals surface area contributed by atoms with Crippen molar-refractivity contribution in [2.75, 3.05) is 6.61 Å². The molecule has 7 heteroatoms. The van der Waals surface area contributed by atoms with Crippen LogP contribution in [0.1, 0.15) is 39.0 Å². The number of nitrogens with zero attached hydrogens (tertiary/aromatic N) is 2. The van der Waals surface area contributed by atoms with Gasteiger partial charge in [0, 0.05) is 25.4 Å². The smallest absolute Gasteiger partial charge is 0.243 e. The van der Waals surface area contributed by atoms with Gasteiger partial charge in [-0.2, -0.15) is 5.10 Å². The zero-order valence-corrected chi connectivity index (χ0v) is 12.6. The van der Waals surface area contributed by atoms with E-state index in [9.17, 15) is 8.42 Å². The summed E-state index contributed by atoms with van der Waals surface area (Å²) in [5, 5.41) is 12.8. The number of rotatable bonds is 6. The van der Waals surface area contributed by atoms with E-state index in [1.54, 1.807) is 4.68 Å². The van der Waals surface area contributed by atoms with Gasteiger partial charge in [-0.3, -0.25) is 4.68 Å². The fraction of sp³-hybridized carbons (Fsp3) is 0.769. The number of aliphatic hydroxyl groups is 1. The highest BCUT2D eigenvalue weighted by atomic mass is 32.2. The molecule has 2 N–H and O–H groups in total. The van der Waals surface area contributed by atoms with Gasteiger partial charge in [-0.25, -0.2) is 13.1 Å². The number of sulfonamides is 1. The lowest BCUT2D eigenvalue weighted by molar-refractivity contribution is 0.277. The topological polar surface area (TPSA) is 84.2 Å². The summed E-state index contributed by atoms with van der Waals surface area (Å²) in [6.45, 7) is 2.75. The average Bonchev–Trinajstić information content (AvgIpc) is 2.85.